The summed E-state index contributed by atoms with van der Waals surface area (Å²) < 4.78 is 33.4. The number of carbonyl (C=O) groups excluding carboxylic acids is 1. The Morgan fingerprint density at radius 3 is 2.79 bits per heavy atom. The predicted molar refractivity (Wildman–Crippen MR) is 107 cm³/mol. The largest absolute Gasteiger partial charge is 0.467 e. The van der Waals surface area contributed by atoms with Gasteiger partial charge in [-0.2, -0.15) is 4.98 Å². The summed E-state index contributed by atoms with van der Waals surface area (Å²) in [4.78, 5) is 19.7. The number of fused-ring (bicyclic) bond motifs is 1. The van der Waals surface area contributed by atoms with Crippen LogP contribution in [0, 0.1) is 11.6 Å². The highest BCUT2D eigenvalue weighted by molar-refractivity contribution is 7.98. The van der Waals surface area contributed by atoms with Crippen LogP contribution < -0.4 is 4.74 Å². The highest BCUT2D eigenvalue weighted by atomic mass is 32.2. The van der Waals surface area contributed by atoms with E-state index in [1.807, 2.05) is 35.4 Å². The molecule has 1 amide bonds. The third kappa shape index (κ3) is 3.98. The molecular formula is C20H18F2N2O2S2. The average molecular weight is 421 g/mol. The molecule has 4 nitrogen and oxygen atoms in total. The maximum Gasteiger partial charge on any atom is 0.274 e. The molecule has 1 aliphatic rings. The van der Waals surface area contributed by atoms with Crippen molar-refractivity contribution in [2.45, 2.75) is 23.8 Å². The smallest absolute Gasteiger partial charge is 0.274 e. The van der Waals surface area contributed by atoms with E-state index in [1.54, 1.807) is 11.8 Å². The topological polar surface area (TPSA) is 42.4 Å². The number of piperidine rings is 1. The van der Waals surface area contributed by atoms with Gasteiger partial charge >= 0.3 is 0 Å². The molecule has 3 aromatic rings. The molecule has 1 saturated heterocycles. The van der Waals surface area contributed by atoms with E-state index in [4.69, 9.17) is 4.74 Å². The number of carbonyl (C=O) groups is 1. The van der Waals surface area contributed by atoms with Gasteiger partial charge in [-0.05, 0) is 30.5 Å². The molecule has 1 aliphatic heterocycles. The number of hydrogen-bond donors (Lipinski definition) is 0. The minimum absolute atomic E-state index is 0.0203. The molecule has 8 heteroatoms. The molecule has 2 aromatic carbocycles. The first-order chi connectivity index (χ1) is 13.5. The average Bonchev–Trinajstić information content (AvgIpc) is 3.10. The first kappa shape index (κ1) is 19.1. The molecule has 1 fully saturated rings. The Kier molecular flexibility index (Phi) is 5.50. The van der Waals surface area contributed by atoms with Gasteiger partial charge in [-0.15, -0.1) is 11.8 Å². The molecule has 0 bridgehead atoms. The number of ether oxygens (including phenoxy) is 1. The van der Waals surface area contributed by atoms with E-state index in [0.29, 0.717) is 41.4 Å². The van der Waals surface area contributed by atoms with E-state index < -0.39 is 11.6 Å². The Balaban J connectivity index is 1.39. The summed E-state index contributed by atoms with van der Waals surface area (Å²) in [7, 11) is 0. The van der Waals surface area contributed by atoms with Gasteiger partial charge in [0.15, 0.2) is 5.82 Å². The molecule has 146 valence electrons. The molecule has 0 atom stereocenters. The van der Waals surface area contributed by atoms with Crippen LogP contribution in [0.4, 0.5) is 8.78 Å². The Bertz CT molecular complexity index is 1020. The fourth-order valence-electron chi connectivity index (χ4n) is 3.25. The van der Waals surface area contributed by atoms with Crippen molar-refractivity contribution in [2.75, 3.05) is 19.3 Å². The zero-order chi connectivity index (χ0) is 19.7. The lowest BCUT2D eigenvalue weighted by atomic mass is 10.1. The molecule has 0 saturated carbocycles. The number of benzene rings is 2. The number of thioether (sulfide) groups is 1. The van der Waals surface area contributed by atoms with E-state index in [9.17, 15) is 13.6 Å². The normalized spacial score (nSPS) is 15.2. The molecule has 28 heavy (non-hydrogen) atoms. The van der Waals surface area contributed by atoms with Gasteiger partial charge in [0.25, 0.3) is 11.1 Å². The summed E-state index contributed by atoms with van der Waals surface area (Å²) in [5.41, 5.74) is 0.817. The van der Waals surface area contributed by atoms with Gasteiger partial charge in [-0.1, -0.05) is 17.4 Å². The van der Waals surface area contributed by atoms with E-state index in [-0.39, 0.29) is 17.5 Å². The number of amides is 1. The second kappa shape index (κ2) is 8.05. The molecule has 0 N–H and O–H groups in total. The van der Waals surface area contributed by atoms with Crippen LogP contribution in [0.15, 0.2) is 41.3 Å². The van der Waals surface area contributed by atoms with Crippen molar-refractivity contribution >= 4 is 39.2 Å². The summed E-state index contributed by atoms with van der Waals surface area (Å²) in [6.07, 6.45) is 3.21. The van der Waals surface area contributed by atoms with Crippen molar-refractivity contribution < 1.29 is 18.3 Å². The molecule has 0 unspecified atom stereocenters. The third-order valence-electron chi connectivity index (χ3n) is 4.71. The lowest BCUT2D eigenvalue weighted by Gasteiger charge is -2.31. The standard InChI is InChI=1S/C20H18F2N2O2S2/c1-27-15-4-2-3-12(9-15)19(25)24-7-5-14(6-8-24)26-20-23-18-16(22)10-13(21)11-17(18)28-20/h2-4,9-11,14H,5-8H2,1H3. The Hall–Kier alpha value is -2.19. The van der Waals surface area contributed by atoms with E-state index >= 15 is 0 Å². The highest BCUT2D eigenvalue weighted by Crippen LogP contribution is 2.32. The monoisotopic (exact) mass is 420 g/mol. The van der Waals surface area contributed by atoms with Gasteiger partial charge in [0.2, 0.25) is 0 Å². The van der Waals surface area contributed by atoms with Crippen molar-refractivity contribution in [3.05, 3.63) is 53.6 Å². The summed E-state index contributed by atoms with van der Waals surface area (Å²) >= 11 is 2.74. The zero-order valence-corrected chi connectivity index (χ0v) is 16.8. The Labute approximate surface area is 169 Å². The van der Waals surface area contributed by atoms with E-state index in [0.717, 1.165) is 22.3 Å². The SMILES string of the molecule is CSc1cccc(C(=O)N2CCC(Oc3nc4c(F)cc(F)cc4s3)CC2)c1. The Morgan fingerprint density at radius 1 is 1.25 bits per heavy atom. The van der Waals surface area contributed by atoms with Crippen molar-refractivity contribution in [3.8, 4) is 5.19 Å². The molecule has 4 rings (SSSR count). The number of nitrogens with zero attached hydrogens (tertiary/aromatic N) is 2. The number of aromatic nitrogens is 1. The number of hydrogen-bond acceptors (Lipinski definition) is 5. The van der Waals surface area contributed by atoms with E-state index in [2.05, 4.69) is 4.98 Å². The molecule has 1 aromatic heterocycles. The molecule has 0 radical (unpaired) electrons. The van der Waals surface area contributed by atoms with Crippen LogP contribution in [-0.2, 0) is 0 Å². The number of rotatable bonds is 4. The first-order valence-electron chi connectivity index (χ1n) is 8.89. The zero-order valence-electron chi connectivity index (χ0n) is 15.2. The maximum atomic E-state index is 13.8. The van der Waals surface area contributed by atoms with Gasteiger partial charge < -0.3 is 9.64 Å². The van der Waals surface area contributed by atoms with Gasteiger partial charge in [0.05, 0.1) is 4.70 Å². The van der Waals surface area contributed by atoms with E-state index in [1.165, 1.54) is 6.07 Å². The minimum Gasteiger partial charge on any atom is -0.467 e. The van der Waals surface area contributed by atoms with Crippen LogP contribution in [-0.4, -0.2) is 41.2 Å². The number of likely N-dealkylation sites (tertiary alicyclic amines) is 1. The summed E-state index contributed by atoms with van der Waals surface area (Å²) in [6, 6.07) is 9.69. The van der Waals surface area contributed by atoms with Crippen LogP contribution in [0.5, 0.6) is 5.19 Å². The van der Waals surface area contributed by atoms with Gasteiger partial charge in [-0.3, -0.25) is 4.79 Å². The lowest BCUT2D eigenvalue weighted by Crippen LogP contribution is -2.41. The van der Waals surface area contributed by atoms with Crippen molar-refractivity contribution in [1.29, 1.82) is 0 Å². The van der Waals surface area contributed by atoms with Crippen molar-refractivity contribution in [2.24, 2.45) is 0 Å². The van der Waals surface area contributed by atoms with Gasteiger partial charge in [0.1, 0.15) is 17.4 Å². The fraction of sp³-hybridized carbons (Fsp3) is 0.300. The minimum atomic E-state index is -0.686. The maximum absolute atomic E-state index is 13.8. The second-order valence-electron chi connectivity index (χ2n) is 6.56. The fourth-order valence-corrected chi connectivity index (χ4v) is 4.63. The quantitative estimate of drug-likeness (QED) is 0.559. The predicted octanol–water partition coefficient (Wildman–Crippen LogP) is 4.98. The van der Waals surface area contributed by atoms with Crippen LogP contribution in [0.2, 0.25) is 0 Å². The molecule has 0 aliphatic carbocycles. The molecule has 0 spiro atoms. The van der Waals surface area contributed by atoms with Crippen LogP contribution in [0.1, 0.15) is 23.2 Å². The highest BCUT2D eigenvalue weighted by Gasteiger charge is 2.26. The van der Waals surface area contributed by atoms with Gasteiger partial charge in [-0.25, -0.2) is 8.78 Å². The van der Waals surface area contributed by atoms with Crippen molar-refractivity contribution in [3.63, 3.8) is 0 Å². The number of thiazole rings is 1. The van der Waals surface area contributed by atoms with Crippen LogP contribution in [0.3, 0.4) is 0 Å². The third-order valence-corrected chi connectivity index (χ3v) is 6.33. The summed E-state index contributed by atoms with van der Waals surface area (Å²) in [6.45, 7) is 1.17. The summed E-state index contributed by atoms with van der Waals surface area (Å²) in [5, 5.41) is 0.331. The van der Waals surface area contributed by atoms with Crippen LogP contribution in [0.25, 0.3) is 10.2 Å². The summed E-state index contributed by atoms with van der Waals surface area (Å²) in [5.74, 6) is -1.29. The second-order valence-corrected chi connectivity index (χ2v) is 8.43. The van der Waals surface area contributed by atoms with Crippen molar-refractivity contribution in [1.82, 2.24) is 9.88 Å². The Morgan fingerprint density at radius 2 is 2.04 bits per heavy atom. The lowest BCUT2D eigenvalue weighted by molar-refractivity contribution is 0.0595. The van der Waals surface area contributed by atoms with Crippen LogP contribution >= 0.6 is 23.1 Å². The molecule has 2 heterocycles. The number of halogens is 2. The van der Waals surface area contributed by atoms with Gasteiger partial charge in [0, 0.05) is 42.5 Å². The molecular weight excluding hydrogens is 402 g/mol. The first-order valence-corrected chi connectivity index (χ1v) is 10.9.